The van der Waals surface area contributed by atoms with E-state index in [4.69, 9.17) is 4.42 Å². The molecule has 61 heavy (non-hydrogen) atoms. The second kappa shape index (κ2) is 14.4. The standard InChI is InChI=1S/C58H40N2O/c1-2-17-41-38-43(37-32-39(41)16-1)59(42-35-33-40(34-36-42)44-18-3-4-19-45(44)51-25-15-26-52-50-24-9-14-31-57(50)61-58(51)52)53-27-10-5-20-46(53)47-21-6-11-28-54(47)60-55-29-12-7-22-48(55)49-23-8-13-30-56(49)60/h1-4,6-9,11-38H,5,10H2. The van der Waals surface area contributed by atoms with Gasteiger partial charge in [0, 0.05) is 55.3 Å². The Morgan fingerprint density at radius 2 is 1.00 bits per heavy atom. The minimum absolute atomic E-state index is 0.906. The predicted molar refractivity (Wildman–Crippen MR) is 257 cm³/mol. The largest absolute Gasteiger partial charge is 0.455 e. The molecule has 1 aliphatic rings. The van der Waals surface area contributed by atoms with Crippen molar-refractivity contribution < 1.29 is 4.42 Å². The topological polar surface area (TPSA) is 21.3 Å². The Bertz CT molecular complexity index is 3490. The molecule has 3 heteroatoms. The molecule has 0 saturated carbocycles. The number of allylic oxidation sites excluding steroid dienone is 3. The van der Waals surface area contributed by atoms with Crippen molar-refractivity contribution in [2.75, 3.05) is 4.90 Å². The van der Waals surface area contributed by atoms with Crippen LogP contribution in [0.4, 0.5) is 11.4 Å². The third kappa shape index (κ3) is 5.81. The molecule has 0 fully saturated rings. The molecule has 2 aromatic heterocycles. The predicted octanol–water partition coefficient (Wildman–Crippen LogP) is 16.1. The lowest BCUT2D eigenvalue weighted by Crippen LogP contribution is -2.19. The maximum Gasteiger partial charge on any atom is 0.143 e. The van der Waals surface area contributed by atoms with Gasteiger partial charge in [0.25, 0.3) is 0 Å². The van der Waals surface area contributed by atoms with Crippen molar-refractivity contribution >= 4 is 71.5 Å². The number of fused-ring (bicyclic) bond motifs is 7. The summed E-state index contributed by atoms with van der Waals surface area (Å²) in [5.41, 5.74) is 15.8. The Morgan fingerprint density at radius 3 is 1.80 bits per heavy atom. The summed E-state index contributed by atoms with van der Waals surface area (Å²) in [6.45, 7) is 0. The SMILES string of the molecule is C1=C(c2ccccc2-n2c3ccccc3c3ccccc32)C(N(c2ccc(-c3ccccc3-c3cccc4c3oc3ccccc34)cc2)c2ccc3ccccc3c2)=CCC1. The van der Waals surface area contributed by atoms with Crippen molar-refractivity contribution in [2.24, 2.45) is 0 Å². The van der Waals surface area contributed by atoms with Crippen molar-refractivity contribution in [1.29, 1.82) is 0 Å². The normalized spacial score (nSPS) is 13.0. The highest BCUT2D eigenvalue weighted by Crippen LogP contribution is 2.45. The number of para-hydroxylation sites is 5. The fourth-order valence-corrected chi connectivity index (χ4v) is 9.66. The molecule has 0 spiro atoms. The summed E-state index contributed by atoms with van der Waals surface area (Å²) in [4.78, 5) is 2.46. The van der Waals surface area contributed by atoms with Crippen LogP contribution in [0.1, 0.15) is 18.4 Å². The molecule has 0 bridgehead atoms. The Kier molecular flexibility index (Phi) is 8.31. The number of furan rings is 1. The molecule has 0 amide bonds. The van der Waals surface area contributed by atoms with Gasteiger partial charge in [-0.1, -0.05) is 170 Å². The zero-order valence-corrected chi connectivity index (χ0v) is 33.5. The maximum absolute atomic E-state index is 6.53. The van der Waals surface area contributed by atoms with Gasteiger partial charge in [0.1, 0.15) is 11.2 Å². The van der Waals surface area contributed by atoms with E-state index in [1.807, 2.05) is 6.07 Å². The van der Waals surface area contributed by atoms with Crippen LogP contribution in [0.5, 0.6) is 0 Å². The van der Waals surface area contributed by atoms with Gasteiger partial charge in [0.15, 0.2) is 0 Å². The van der Waals surface area contributed by atoms with E-state index in [1.165, 1.54) is 55.1 Å². The molecule has 0 radical (unpaired) electrons. The Hall–Kier alpha value is -7.88. The lowest BCUT2D eigenvalue weighted by Gasteiger charge is -2.32. The van der Waals surface area contributed by atoms with Gasteiger partial charge in [-0.15, -0.1) is 0 Å². The number of anilines is 2. The van der Waals surface area contributed by atoms with Crippen LogP contribution in [-0.2, 0) is 0 Å². The first kappa shape index (κ1) is 35.1. The molecule has 11 aromatic rings. The number of hydrogen-bond donors (Lipinski definition) is 0. The average Bonchev–Trinajstić information content (AvgIpc) is 3.88. The van der Waals surface area contributed by atoms with E-state index in [0.29, 0.717) is 0 Å². The monoisotopic (exact) mass is 780 g/mol. The van der Waals surface area contributed by atoms with Crippen molar-refractivity contribution in [3.05, 3.63) is 230 Å². The highest BCUT2D eigenvalue weighted by Gasteiger charge is 2.25. The van der Waals surface area contributed by atoms with Gasteiger partial charge >= 0.3 is 0 Å². The molecule has 12 rings (SSSR count). The molecule has 9 aromatic carbocycles. The van der Waals surface area contributed by atoms with Crippen LogP contribution >= 0.6 is 0 Å². The van der Waals surface area contributed by atoms with Crippen LogP contribution in [0.15, 0.2) is 229 Å². The Morgan fingerprint density at radius 1 is 0.410 bits per heavy atom. The number of aromatic nitrogens is 1. The van der Waals surface area contributed by atoms with Gasteiger partial charge in [0.05, 0.1) is 16.7 Å². The minimum atomic E-state index is 0.906. The van der Waals surface area contributed by atoms with Crippen LogP contribution in [0.2, 0.25) is 0 Å². The first-order valence-electron chi connectivity index (χ1n) is 21.2. The van der Waals surface area contributed by atoms with Gasteiger partial charge in [0.2, 0.25) is 0 Å². The number of benzene rings is 9. The number of nitrogens with zero attached hydrogens (tertiary/aromatic N) is 2. The number of rotatable bonds is 7. The molecule has 1 aliphatic carbocycles. The Labute approximate surface area is 354 Å². The lowest BCUT2D eigenvalue weighted by atomic mass is 9.92. The van der Waals surface area contributed by atoms with Gasteiger partial charge < -0.3 is 13.9 Å². The summed E-state index contributed by atoms with van der Waals surface area (Å²) in [5.74, 6) is 0. The smallest absolute Gasteiger partial charge is 0.143 e. The van der Waals surface area contributed by atoms with Crippen LogP contribution in [0, 0.1) is 0 Å². The van der Waals surface area contributed by atoms with Gasteiger partial charge in [-0.3, -0.25) is 0 Å². The van der Waals surface area contributed by atoms with Crippen molar-refractivity contribution in [3.63, 3.8) is 0 Å². The lowest BCUT2D eigenvalue weighted by molar-refractivity contribution is 0.670. The first-order valence-corrected chi connectivity index (χ1v) is 21.2. The fraction of sp³-hybridized carbons (Fsp3) is 0.0345. The van der Waals surface area contributed by atoms with Gasteiger partial charge in [-0.05, 0) is 88.8 Å². The Balaban J connectivity index is 1.00. The average molecular weight is 781 g/mol. The molecule has 0 N–H and O–H groups in total. The summed E-state index contributed by atoms with van der Waals surface area (Å²) in [6.07, 6.45) is 6.81. The first-order chi connectivity index (χ1) is 30.3. The van der Waals surface area contributed by atoms with E-state index in [-0.39, 0.29) is 0 Å². The quantitative estimate of drug-likeness (QED) is 0.161. The van der Waals surface area contributed by atoms with Crippen LogP contribution < -0.4 is 4.90 Å². The third-order valence-electron chi connectivity index (χ3n) is 12.4. The molecule has 0 atom stereocenters. The second-order valence-electron chi connectivity index (χ2n) is 15.9. The summed E-state index contributed by atoms with van der Waals surface area (Å²) in [6, 6.07) is 74.6. The highest BCUT2D eigenvalue weighted by molar-refractivity contribution is 6.11. The summed E-state index contributed by atoms with van der Waals surface area (Å²) in [7, 11) is 0. The molecule has 3 nitrogen and oxygen atoms in total. The molecule has 0 saturated heterocycles. The van der Waals surface area contributed by atoms with Crippen molar-refractivity contribution in [2.45, 2.75) is 12.8 Å². The molecule has 2 heterocycles. The molecular weight excluding hydrogens is 741 g/mol. The van der Waals surface area contributed by atoms with E-state index in [1.54, 1.807) is 0 Å². The second-order valence-corrected chi connectivity index (χ2v) is 15.9. The third-order valence-corrected chi connectivity index (χ3v) is 12.4. The summed E-state index contributed by atoms with van der Waals surface area (Å²) in [5, 5.41) is 7.22. The van der Waals surface area contributed by atoms with E-state index < -0.39 is 0 Å². The maximum atomic E-state index is 6.53. The van der Waals surface area contributed by atoms with Crippen LogP contribution in [-0.4, -0.2) is 4.57 Å². The molecule has 0 aliphatic heterocycles. The molecule has 288 valence electrons. The summed E-state index contributed by atoms with van der Waals surface area (Å²) < 4.78 is 8.98. The van der Waals surface area contributed by atoms with E-state index in [0.717, 1.165) is 68.4 Å². The van der Waals surface area contributed by atoms with E-state index >= 15 is 0 Å². The molecule has 0 unspecified atom stereocenters. The van der Waals surface area contributed by atoms with Crippen LogP contribution in [0.25, 0.3) is 88.0 Å². The minimum Gasteiger partial charge on any atom is -0.455 e. The van der Waals surface area contributed by atoms with E-state index in [2.05, 4.69) is 222 Å². The zero-order valence-electron chi connectivity index (χ0n) is 33.5. The van der Waals surface area contributed by atoms with Crippen LogP contribution in [0.3, 0.4) is 0 Å². The molecular formula is C58H40N2O. The highest BCUT2D eigenvalue weighted by atomic mass is 16.3. The van der Waals surface area contributed by atoms with Crippen molar-refractivity contribution in [1.82, 2.24) is 4.57 Å². The van der Waals surface area contributed by atoms with E-state index in [9.17, 15) is 0 Å². The van der Waals surface area contributed by atoms with Crippen molar-refractivity contribution in [3.8, 4) is 27.9 Å². The fourth-order valence-electron chi connectivity index (χ4n) is 9.66. The van der Waals surface area contributed by atoms with Gasteiger partial charge in [-0.2, -0.15) is 0 Å². The zero-order chi connectivity index (χ0) is 40.3. The summed E-state index contributed by atoms with van der Waals surface area (Å²) >= 11 is 0. The van der Waals surface area contributed by atoms with Gasteiger partial charge in [-0.25, -0.2) is 0 Å². The number of hydrogen-bond acceptors (Lipinski definition) is 2.